The predicted molar refractivity (Wildman–Crippen MR) is 94.7 cm³/mol. The molecule has 0 radical (unpaired) electrons. The molecule has 6 nitrogen and oxygen atoms in total. The number of nitrogens with two attached hydrogens (primary N) is 1. The maximum Gasteiger partial charge on any atom is 0.218 e. The summed E-state index contributed by atoms with van der Waals surface area (Å²) in [4.78, 5) is 4.27. The molecule has 2 N–H and O–H groups in total. The summed E-state index contributed by atoms with van der Waals surface area (Å²) < 4.78 is 54.2. The molecule has 3 heterocycles. The van der Waals surface area contributed by atoms with E-state index in [0.717, 1.165) is 13.2 Å². The zero-order valence-electron chi connectivity index (χ0n) is 13.6. The average Bonchev–Trinajstić information content (AvgIpc) is 3.25. The highest BCUT2D eigenvalue weighted by atomic mass is 79.9. The first-order valence-electron chi connectivity index (χ1n) is 7.53. The minimum absolute atomic E-state index is 0.0999. The van der Waals surface area contributed by atoms with E-state index in [4.69, 9.17) is 10.2 Å². The summed E-state index contributed by atoms with van der Waals surface area (Å²) in [6.07, 6.45) is 0. The molecule has 0 aliphatic heterocycles. The standard InChI is InChI=1S/C17H10BrF3N4O2/c1-26-16-9(19)6-8(14(20)15(16)21)7-4-12(22)25-13(5-7)23-17(24-25)10-2-3-11(18)27-10/h2-6H,22H2,1H3. The molecule has 0 aliphatic carbocycles. The normalized spacial score (nSPS) is 11.3. The Labute approximate surface area is 158 Å². The van der Waals surface area contributed by atoms with E-state index < -0.39 is 23.2 Å². The van der Waals surface area contributed by atoms with Gasteiger partial charge in [0.1, 0.15) is 5.82 Å². The number of methoxy groups -OCH3 is 1. The first-order chi connectivity index (χ1) is 12.9. The molecule has 10 heteroatoms. The molecule has 4 aromatic rings. The van der Waals surface area contributed by atoms with Crippen LogP contribution in [-0.2, 0) is 0 Å². The lowest BCUT2D eigenvalue weighted by molar-refractivity contribution is 0.347. The second-order valence-corrected chi connectivity index (χ2v) is 6.33. The van der Waals surface area contributed by atoms with Gasteiger partial charge < -0.3 is 14.9 Å². The summed E-state index contributed by atoms with van der Waals surface area (Å²) in [5.74, 6) is -3.77. The molecule has 0 fully saturated rings. The molecule has 27 heavy (non-hydrogen) atoms. The second kappa shape index (κ2) is 6.31. The van der Waals surface area contributed by atoms with Crippen LogP contribution < -0.4 is 10.5 Å². The third kappa shape index (κ3) is 2.81. The number of aromatic nitrogens is 3. The number of ether oxygens (including phenoxy) is 1. The van der Waals surface area contributed by atoms with Crippen LogP contribution in [0.2, 0.25) is 0 Å². The van der Waals surface area contributed by atoms with Crippen LogP contribution in [0.1, 0.15) is 0 Å². The van der Waals surface area contributed by atoms with Crippen LogP contribution in [0, 0.1) is 17.5 Å². The van der Waals surface area contributed by atoms with Crippen molar-refractivity contribution in [1.82, 2.24) is 14.6 Å². The van der Waals surface area contributed by atoms with Gasteiger partial charge >= 0.3 is 0 Å². The van der Waals surface area contributed by atoms with E-state index >= 15 is 0 Å². The van der Waals surface area contributed by atoms with E-state index in [1.54, 1.807) is 12.1 Å². The molecule has 0 unspecified atom stereocenters. The number of rotatable bonds is 3. The maximum atomic E-state index is 14.4. The Balaban J connectivity index is 1.89. The molecule has 138 valence electrons. The van der Waals surface area contributed by atoms with Gasteiger partial charge in [-0.3, -0.25) is 0 Å². The fourth-order valence-corrected chi connectivity index (χ4v) is 2.99. The SMILES string of the molecule is COc1c(F)cc(-c2cc(N)n3nc(-c4ccc(Br)o4)nc3c2)c(F)c1F. The Morgan fingerprint density at radius 3 is 2.59 bits per heavy atom. The molecule has 0 aliphatic rings. The first kappa shape index (κ1) is 17.4. The number of furan rings is 1. The smallest absolute Gasteiger partial charge is 0.218 e. The van der Waals surface area contributed by atoms with Gasteiger partial charge in [0.2, 0.25) is 11.6 Å². The number of pyridine rings is 1. The lowest BCUT2D eigenvalue weighted by atomic mass is 10.0. The van der Waals surface area contributed by atoms with Gasteiger partial charge in [-0.15, -0.1) is 5.10 Å². The highest BCUT2D eigenvalue weighted by Crippen LogP contribution is 2.34. The number of nitrogens with zero attached hydrogens (tertiary/aromatic N) is 3. The molecule has 0 spiro atoms. The number of fused-ring (bicyclic) bond motifs is 1. The molecule has 1 aromatic carbocycles. The van der Waals surface area contributed by atoms with Crippen molar-refractivity contribution in [3.05, 3.63) is 52.5 Å². The van der Waals surface area contributed by atoms with Crippen molar-refractivity contribution in [1.29, 1.82) is 0 Å². The van der Waals surface area contributed by atoms with Crippen LogP contribution in [-0.4, -0.2) is 21.7 Å². The largest absolute Gasteiger partial charge is 0.491 e. The van der Waals surface area contributed by atoms with Crippen molar-refractivity contribution in [2.75, 3.05) is 12.8 Å². The van der Waals surface area contributed by atoms with Crippen LogP contribution in [0.4, 0.5) is 19.0 Å². The number of benzene rings is 1. The minimum atomic E-state index is -1.42. The predicted octanol–water partition coefficient (Wildman–Crippen LogP) is 4.43. The van der Waals surface area contributed by atoms with Crippen molar-refractivity contribution in [3.8, 4) is 28.5 Å². The van der Waals surface area contributed by atoms with Gasteiger partial charge in [-0.1, -0.05) is 0 Å². The van der Waals surface area contributed by atoms with Crippen LogP contribution in [0.15, 0.2) is 39.4 Å². The number of hydrogen-bond donors (Lipinski definition) is 1. The summed E-state index contributed by atoms with van der Waals surface area (Å²) in [5.41, 5.74) is 6.03. The third-order valence-electron chi connectivity index (χ3n) is 3.89. The zero-order chi connectivity index (χ0) is 19.3. The second-order valence-electron chi connectivity index (χ2n) is 5.55. The average molecular weight is 439 g/mol. The molecule has 0 saturated heterocycles. The molecule has 0 amide bonds. The van der Waals surface area contributed by atoms with Gasteiger partial charge in [-0.05, 0) is 51.8 Å². The molecule has 0 saturated carbocycles. The molecule has 4 rings (SSSR count). The third-order valence-corrected chi connectivity index (χ3v) is 4.32. The van der Waals surface area contributed by atoms with Crippen molar-refractivity contribution >= 4 is 27.4 Å². The summed E-state index contributed by atoms with van der Waals surface area (Å²) in [5, 5.41) is 4.22. The Morgan fingerprint density at radius 2 is 1.93 bits per heavy atom. The highest BCUT2D eigenvalue weighted by molar-refractivity contribution is 9.10. The lowest BCUT2D eigenvalue weighted by Crippen LogP contribution is -2.02. The topological polar surface area (TPSA) is 78.6 Å². The summed E-state index contributed by atoms with van der Waals surface area (Å²) >= 11 is 3.19. The Morgan fingerprint density at radius 1 is 1.15 bits per heavy atom. The van der Waals surface area contributed by atoms with Gasteiger partial charge in [0.25, 0.3) is 0 Å². The molecular weight excluding hydrogens is 429 g/mol. The van der Waals surface area contributed by atoms with E-state index in [1.165, 1.54) is 16.6 Å². The van der Waals surface area contributed by atoms with Gasteiger partial charge in [0, 0.05) is 5.56 Å². The van der Waals surface area contributed by atoms with Crippen molar-refractivity contribution in [2.45, 2.75) is 0 Å². The van der Waals surface area contributed by atoms with Gasteiger partial charge in [0.05, 0.1) is 7.11 Å². The van der Waals surface area contributed by atoms with E-state index in [9.17, 15) is 13.2 Å². The maximum absolute atomic E-state index is 14.4. The molecule has 0 bridgehead atoms. The summed E-state index contributed by atoms with van der Waals surface area (Å²) in [7, 11) is 1.05. The monoisotopic (exact) mass is 438 g/mol. The fourth-order valence-electron chi connectivity index (χ4n) is 2.68. The van der Waals surface area contributed by atoms with Gasteiger partial charge in [-0.25, -0.2) is 13.8 Å². The molecular formula is C17H10BrF3N4O2. The van der Waals surface area contributed by atoms with Gasteiger partial charge in [0.15, 0.2) is 33.5 Å². The fraction of sp³-hybridized carbons (Fsp3) is 0.0588. The zero-order valence-corrected chi connectivity index (χ0v) is 15.2. The highest BCUT2D eigenvalue weighted by Gasteiger charge is 2.22. The summed E-state index contributed by atoms with van der Waals surface area (Å²) in [6.45, 7) is 0. The van der Waals surface area contributed by atoms with E-state index in [-0.39, 0.29) is 28.4 Å². The Bertz CT molecular complexity index is 1190. The van der Waals surface area contributed by atoms with Crippen molar-refractivity contribution in [3.63, 3.8) is 0 Å². The number of nitrogen functional groups attached to an aromatic ring is 1. The van der Waals surface area contributed by atoms with Crippen molar-refractivity contribution < 1.29 is 22.3 Å². The Kier molecular flexibility index (Phi) is 4.06. The minimum Gasteiger partial charge on any atom is -0.491 e. The quantitative estimate of drug-likeness (QED) is 0.478. The first-order valence-corrected chi connectivity index (χ1v) is 8.32. The molecule has 3 aromatic heterocycles. The van der Waals surface area contributed by atoms with Crippen LogP contribution in [0.3, 0.4) is 0 Å². The van der Waals surface area contributed by atoms with E-state index in [2.05, 4.69) is 30.7 Å². The molecule has 0 atom stereocenters. The number of halogens is 4. The van der Waals surface area contributed by atoms with Crippen LogP contribution in [0.25, 0.3) is 28.4 Å². The number of hydrogen-bond acceptors (Lipinski definition) is 5. The Hall–Kier alpha value is -3.01. The van der Waals surface area contributed by atoms with E-state index in [1.807, 2.05) is 0 Å². The summed E-state index contributed by atoms with van der Waals surface area (Å²) in [6, 6.07) is 6.92. The van der Waals surface area contributed by atoms with Crippen LogP contribution in [0.5, 0.6) is 5.75 Å². The number of anilines is 1. The van der Waals surface area contributed by atoms with Crippen molar-refractivity contribution in [2.24, 2.45) is 0 Å². The van der Waals surface area contributed by atoms with E-state index in [0.29, 0.717) is 10.4 Å². The van der Waals surface area contributed by atoms with Gasteiger partial charge in [-0.2, -0.15) is 8.91 Å². The van der Waals surface area contributed by atoms with Crippen LogP contribution >= 0.6 is 15.9 Å². The lowest BCUT2D eigenvalue weighted by Gasteiger charge is -2.10.